The maximum atomic E-state index is 12.1. The maximum Gasteiger partial charge on any atom is 0.244 e. The topological polar surface area (TPSA) is 84.2 Å². The van der Waals surface area contributed by atoms with E-state index in [0.29, 0.717) is 6.42 Å². The summed E-state index contributed by atoms with van der Waals surface area (Å²) in [6.45, 7) is 0.193. The lowest BCUT2D eigenvalue weighted by molar-refractivity contribution is 0.305. The third kappa shape index (κ3) is 4.15. The van der Waals surface area contributed by atoms with E-state index in [9.17, 15) is 8.42 Å². The average Bonchev–Trinajstić information content (AvgIpc) is 3.06. The Morgan fingerprint density at radius 2 is 2.33 bits per heavy atom. The molecule has 0 unspecified atom stereocenters. The summed E-state index contributed by atoms with van der Waals surface area (Å²) in [6, 6.07) is 1.84. The van der Waals surface area contributed by atoms with Gasteiger partial charge in [-0.1, -0.05) is 11.8 Å². The summed E-state index contributed by atoms with van der Waals surface area (Å²) >= 11 is 1.44. The Bertz CT molecular complexity index is 766. The predicted molar refractivity (Wildman–Crippen MR) is 80.1 cm³/mol. The highest BCUT2D eigenvalue weighted by Crippen LogP contribution is 2.17. The van der Waals surface area contributed by atoms with Crippen LogP contribution in [0.5, 0.6) is 0 Å². The standard InChI is InChI=1S/C13H15N3O3S2/c1-16-10-12(8-14-16)21(18,19)15-9-13-11(5-7-20-13)4-2-3-6-17/h5,7-8,10,15,17H,3,6,9H2,1H3. The zero-order valence-corrected chi connectivity index (χ0v) is 13.0. The monoisotopic (exact) mass is 325 g/mol. The Labute approximate surface area is 127 Å². The molecular weight excluding hydrogens is 310 g/mol. The summed E-state index contributed by atoms with van der Waals surface area (Å²) < 4.78 is 28.1. The van der Waals surface area contributed by atoms with Crippen molar-refractivity contribution in [3.05, 3.63) is 34.3 Å². The molecule has 0 aliphatic rings. The smallest absolute Gasteiger partial charge is 0.244 e. The molecule has 2 rings (SSSR count). The van der Waals surface area contributed by atoms with E-state index < -0.39 is 10.0 Å². The normalized spacial score (nSPS) is 11.1. The molecule has 0 aromatic carbocycles. The van der Waals surface area contributed by atoms with Crippen LogP contribution in [0.2, 0.25) is 0 Å². The van der Waals surface area contributed by atoms with Gasteiger partial charge in [0.1, 0.15) is 4.90 Å². The molecule has 0 spiro atoms. The van der Waals surface area contributed by atoms with Crippen LogP contribution in [0, 0.1) is 11.8 Å². The van der Waals surface area contributed by atoms with Gasteiger partial charge in [0.05, 0.1) is 12.8 Å². The minimum atomic E-state index is -3.57. The van der Waals surface area contributed by atoms with Gasteiger partial charge in [-0.25, -0.2) is 13.1 Å². The van der Waals surface area contributed by atoms with Crippen LogP contribution in [0.4, 0.5) is 0 Å². The quantitative estimate of drug-likeness (QED) is 0.793. The highest BCUT2D eigenvalue weighted by molar-refractivity contribution is 7.89. The fourth-order valence-corrected chi connectivity index (χ4v) is 3.42. The third-order valence-corrected chi connectivity index (χ3v) is 4.90. The lowest BCUT2D eigenvalue weighted by Crippen LogP contribution is -2.22. The Morgan fingerprint density at radius 1 is 1.52 bits per heavy atom. The molecule has 2 aromatic heterocycles. The SMILES string of the molecule is Cn1cc(S(=O)(=O)NCc2sccc2C#CCCO)cn1. The number of thiophene rings is 1. The molecular formula is C13H15N3O3S2. The summed E-state index contributed by atoms with van der Waals surface area (Å²) in [6.07, 6.45) is 3.15. The zero-order chi connectivity index (χ0) is 15.3. The molecule has 0 aliphatic heterocycles. The van der Waals surface area contributed by atoms with Gasteiger partial charge in [0, 0.05) is 36.7 Å². The Balaban J connectivity index is 2.07. The number of aliphatic hydroxyl groups is 1. The zero-order valence-electron chi connectivity index (χ0n) is 11.4. The van der Waals surface area contributed by atoms with Gasteiger partial charge in [-0.3, -0.25) is 4.68 Å². The summed E-state index contributed by atoms with van der Waals surface area (Å²) in [5.74, 6) is 5.75. The molecule has 6 nitrogen and oxygen atoms in total. The van der Waals surface area contributed by atoms with Crippen molar-refractivity contribution in [2.45, 2.75) is 17.9 Å². The van der Waals surface area contributed by atoms with Gasteiger partial charge in [0.25, 0.3) is 0 Å². The summed E-state index contributed by atoms with van der Waals surface area (Å²) in [5, 5.41) is 14.4. The number of nitrogens with one attached hydrogen (secondary N) is 1. The van der Waals surface area contributed by atoms with Gasteiger partial charge in [0.2, 0.25) is 10.0 Å². The van der Waals surface area contributed by atoms with Gasteiger partial charge in [0.15, 0.2) is 0 Å². The number of hydrogen-bond donors (Lipinski definition) is 2. The fraction of sp³-hybridized carbons (Fsp3) is 0.308. The van der Waals surface area contributed by atoms with Gasteiger partial charge in [-0.05, 0) is 11.4 Å². The molecule has 112 valence electrons. The van der Waals surface area contributed by atoms with Crippen molar-refractivity contribution in [2.24, 2.45) is 7.05 Å². The summed E-state index contributed by atoms with van der Waals surface area (Å²) in [5.41, 5.74) is 0.780. The van der Waals surface area contributed by atoms with Crippen molar-refractivity contribution in [3.63, 3.8) is 0 Å². The highest BCUT2D eigenvalue weighted by Gasteiger charge is 2.16. The minimum Gasteiger partial charge on any atom is -0.395 e. The van der Waals surface area contributed by atoms with E-state index in [-0.39, 0.29) is 18.0 Å². The first-order valence-electron chi connectivity index (χ1n) is 6.17. The fourth-order valence-electron chi connectivity index (χ4n) is 1.58. The molecule has 2 N–H and O–H groups in total. The van der Waals surface area contributed by atoms with E-state index in [1.165, 1.54) is 28.4 Å². The molecule has 0 saturated heterocycles. The van der Waals surface area contributed by atoms with Crippen LogP contribution >= 0.6 is 11.3 Å². The third-order valence-electron chi connectivity index (χ3n) is 2.62. The number of aromatic nitrogens is 2. The van der Waals surface area contributed by atoms with Crippen LogP contribution in [0.3, 0.4) is 0 Å². The van der Waals surface area contributed by atoms with Crippen molar-refractivity contribution < 1.29 is 13.5 Å². The molecule has 21 heavy (non-hydrogen) atoms. The molecule has 0 saturated carbocycles. The van der Waals surface area contributed by atoms with E-state index in [1.807, 2.05) is 11.4 Å². The van der Waals surface area contributed by atoms with E-state index in [2.05, 4.69) is 21.7 Å². The molecule has 0 aliphatic carbocycles. The van der Waals surface area contributed by atoms with E-state index in [1.54, 1.807) is 7.05 Å². The van der Waals surface area contributed by atoms with Crippen LogP contribution in [-0.4, -0.2) is 29.9 Å². The molecule has 8 heteroatoms. The maximum absolute atomic E-state index is 12.1. The van der Waals surface area contributed by atoms with Gasteiger partial charge in [-0.2, -0.15) is 5.10 Å². The summed E-state index contributed by atoms with van der Waals surface area (Å²) in [4.78, 5) is 0.974. The van der Waals surface area contributed by atoms with Crippen molar-refractivity contribution in [3.8, 4) is 11.8 Å². The average molecular weight is 325 g/mol. The van der Waals surface area contributed by atoms with E-state index in [4.69, 9.17) is 5.11 Å². The number of hydrogen-bond acceptors (Lipinski definition) is 5. The van der Waals surface area contributed by atoms with E-state index >= 15 is 0 Å². The van der Waals surface area contributed by atoms with Crippen molar-refractivity contribution in [2.75, 3.05) is 6.61 Å². The second-order valence-corrected chi connectivity index (χ2v) is 6.97. The molecule has 0 bridgehead atoms. The number of rotatable bonds is 5. The lowest BCUT2D eigenvalue weighted by Gasteiger charge is -2.03. The van der Waals surface area contributed by atoms with Gasteiger partial charge >= 0.3 is 0 Å². The summed E-state index contributed by atoms with van der Waals surface area (Å²) in [7, 11) is -1.91. The van der Waals surface area contributed by atoms with Gasteiger partial charge in [-0.15, -0.1) is 11.3 Å². The minimum absolute atomic E-state index is 0.0140. The van der Waals surface area contributed by atoms with Crippen LogP contribution < -0.4 is 4.72 Å². The van der Waals surface area contributed by atoms with Crippen LogP contribution in [-0.2, 0) is 23.6 Å². The first kappa shape index (κ1) is 15.7. The lowest BCUT2D eigenvalue weighted by atomic mass is 10.2. The number of aryl methyl sites for hydroxylation is 1. The van der Waals surface area contributed by atoms with Crippen LogP contribution in [0.1, 0.15) is 16.9 Å². The van der Waals surface area contributed by atoms with Crippen LogP contribution in [0.15, 0.2) is 28.7 Å². The molecule has 0 fully saturated rings. The number of aliphatic hydroxyl groups excluding tert-OH is 1. The molecule has 0 amide bonds. The van der Waals surface area contributed by atoms with Gasteiger partial charge < -0.3 is 5.11 Å². The molecule has 2 heterocycles. The first-order chi connectivity index (χ1) is 10.0. The number of nitrogens with zero attached hydrogens (tertiary/aromatic N) is 2. The number of sulfonamides is 1. The molecule has 0 atom stereocenters. The largest absolute Gasteiger partial charge is 0.395 e. The Kier molecular flexibility index (Phi) is 5.14. The highest BCUT2D eigenvalue weighted by atomic mass is 32.2. The Morgan fingerprint density at radius 3 is 3.00 bits per heavy atom. The van der Waals surface area contributed by atoms with Crippen molar-refractivity contribution >= 4 is 21.4 Å². The second kappa shape index (κ2) is 6.87. The molecule has 0 radical (unpaired) electrons. The van der Waals surface area contributed by atoms with Crippen molar-refractivity contribution in [1.29, 1.82) is 0 Å². The first-order valence-corrected chi connectivity index (χ1v) is 8.53. The van der Waals surface area contributed by atoms with E-state index in [0.717, 1.165) is 10.4 Å². The van der Waals surface area contributed by atoms with Crippen molar-refractivity contribution in [1.82, 2.24) is 14.5 Å². The molecule has 2 aromatic rings. The second-order valence-electron chi connectivity index (χ2n) is 4.21. The van der Waals surface area contributed by atoms with Crippen LogP contribution in [0.25, 0.3) is 0 Å². The predicted octanol–water partition coefficient (Wildman–Crippen LogP) is 0.694. The Hall–Kier alpha value is -1.66.